The molecule has 1 heterocycles. The van der Waals surface area contributed by atoms with E-state index >= 15 is 0 Å². The molecule has 0 saturated carbocycles. The van der Waals surface area contributed by atoms with Crippen LogP contribution in [0.3, 0.4) is 0 Å². The number of aromatic amines is 1. The van der Waals surface area contributed by atoms with Gasteiger partial charge in [-0.05, 0) is 36.4 Å². The molecule has 0 atom stereocenters. The molecule has 110 valence electrons. The van der Waals surface area contributed by atoms with Crippen molar-refractivity contribution in [1.29, 1.82) is 0 Å². The van der Waals surface area contributed by atoms with Crippen LogP contribution in [-0.4, -0.2) is 10.9 Å². The number of rotatable bonds is 2. The second-order valence-corrected chi connectivity index (χ2v) is 6.05. The molecule has 0 spiro atoms. The highest BCUT2D eigenvalue weighted by molar-refractivity contribution is 9.10. The van der Waals surface area contributed by atoms with Crippen LogP contribution in [0.1, 0.15) is 10.4 Å². The number of hydrogen-bond donors (Lipinski definition) is 2. The number of amides is 1. The van der Waals surface area contributed by atoms with Crippen LogP contribution in [0, 0.1) is 0 Å². The van der Waals surface area contributed by atoms with Crippen molar-refractivity contribution in [2.75, 3.05) is 5.32 Å². The molecule has 3 rings (SSSR count). The van der Waals surface area contributed by atoms with Crippen molar-refractivity contribution in [2.45, 2.75) is 0 Å². The van der Waals surface area contributed by atoms with Gasteiger partial charge in [-0.1, -0.05) is 33.6 Å². The van der Waals surface area contributed by atoms with E-state index in [-0.39, 0.29) is 11.5 Å². The highest BCUT2D eigenvalue weighted by Gasteiger charge is 2.12. The van der Waals surface area contributed by atoms with E-state index in [1.807, 2.05) is 6.07 Å². The Morgan fingerprint density at radius 1 is 1.09 bits per heavy atom. The standard InChI is InChI=1S/C16H10BrClN2O2/c17-9-1-6-12-13(8-15(21)20-14(12)7-9)16(22)19-11-4-2-10(18)3-5-11/h1-8H,(H,19,22)(H,20,21). The maximum Gasteiger partial charge on any atom is 0.256 e. The third kappa shape index (κ3) is 3.05. The van der Waals surface area contributed by atoms with Crippen LogP contribution < -0.4 is 10.9 Å². The monoisotopic (exact) mass is 376 g/mol. The summed E-state index contributed by atoms with van der Waals surface area (Å²) in [6, 6.07) is 13.4. The van der Waals surface area contributed by atoms with Crippen molar-refractivity contribution in [2.24, 2.45) is 0 Å². The smallest absolute Gasteiger partial charge is 0.256 e. The largest absolute Gasteiger partial charge is 0.322 e. The molecule has 1 aromatic heterocycles. The van der Waals surface area contributed by atoms with Crippen LogP contribution >= 0.6 is 27.5 Å². The first-order chi connectivity index (χ1) is 10.5. The van der Waals surface area contributed by atoms with Gasteiger partial charge in [0.25, 0.3) is 5.91 Å². The molecule has 0 unspecified atom stereocenters. The number of aromatic nitrogens is 1. The van der Waals surface area contributed by atoms with Crippen LogP contribution in [-0.2, 0) is 0 Å². The fourth-order valence-corrected chi connectivity index (χ4v) is 2.64. The van der Waals surface area contributed by atoms with Gasteiger partial charge in [0.2, 0.25) is 5.56 Å². The summed E-state index contributed by atoms with van der Waals surface area (Å²) in [5.41, 5.74) is 1.20. The van der Waals surface area contributed by atoms with Gasteiger partial charge in [-0.2, -0.15) is 0 Å². The van der Waals surface area contributed by atoms with Gasteiger partial charge in [-0.15, -0.1) is 0 Å². The molecule has 6 heteroatoms. The van der Waals surface area contributed by atoms with Gasteiger partial charge in [0.1, 0.15) is 0 Å². The molecule has 3 aromatic rings. The van der Waals surface area contributed by atoms with E-state index in [4.69, 9.17) is 11.6 Å². The third-order valence-electron chi connectivity index (χ3n) is 3.15. The molecule has 4 nitrogen and oxygen atoms in total. The third-order valence-corrected chi connectivity index (χ3v) is 3.90. The summed E-state index contributed by atoms with van der Waals surface area (Å²) in [6.07, 6.45) is 0. The first-order valence-corrected chi connectivity index (χ1v) is 7.59. The SMILES string of the molecule is O=C(Nc1ccc(Cl)cc1)c1cc(=O)[nH]c2cc(Br)ccc12. The lowest BCUT2D eigenvalue weighted by Gasteiger charge is -2.08. The highest BCUT2D eigenvalue weighted by atomic mass is 79.9. The highest BCUT2D eigenvalue weighted by Crippen LogP contribution is 2.21. The molecule has 0 aliphatic carbocycles. The van der Waals surface area contributed by atoms with Crippen LogP contribution in [0.4, 0.5) is 5.69 Å². The predicted molar refractivity (Wildman–Crippen MR) is 91.7 cm³/mol. The predicted octanol–water partition coefficient (Wildman–Crippen LogP) is 4.20. The van der Waals surface area contributed by atoms with Crippen molar-refractivity contribution in [3.63, 3.8) is 0 Å². The molecular weight excluding hydrogens is 368 g/mol. The van der Waals surface area contributed by atoms with Gasteiger partial charge in [-0.25, -0.2) is 0 Å². The van der Waals surface area contributed by atoms with E-state index < -0.39 is 0 Å². The van der Waals surface area contributed by atoms with Crippen molar-refractivity contribution >= 4 is 50.0 Å². The molecule has 0 radical (unpaired) electrons. The zero-order valence-corrected chi connectivity index (χ0v) is 13.5. The zero-order chi connectivity index (χ0) is 15.7. The average Bonchev–Trinajstić information content (AvgIpc) is 2.48. The van der Waals surface area contributed by atoms with Crippen LogP contribution in [0.15, 0.2) is 57.8 Å². The number of carbonyl (C=O) groups excluding carboxylic acids is 1. The van der Waals surface area contributed by atoms with Gasteiger partial charge in [0.05, 0.1) is 11.1 Å². The molecule has 0 aliphatic rings. The number of pyridine rings is 1. The molecule has 0 aliphatic heterocycles. The number of H-pyrrole nitrogens is 1. The summed E-state index contributed by atoms with van der Waals surface area (Å²) in [7, 11) is 0. The molecule has 22 heavy (non-hydrogen) atoms. The first-order valence-electron chi connectivity index (χ1n) is 6.42. The summed E-state index contributed by atoms with van der Waals surface area (Å²) in [5.74, 6) is -0.347. The number of halogens is 2. The summed E-state index contributed by atoms with van der Waals surface area (Å²) < 4.78 is 0.825. The molecule has 0 fully saturated rings. The molecule has 0 saturated heterocycles. The number of fused-ring (bicyclic) bond motifs is 1. The topological polar surface area (TPSA) is 62.0 Å². The number of benzene rings is 2. The Hall–Kier alpha value is -2.11. The van der Waals surface area contributed by atoms with Gasteiger partial charge >= 0.3 is 0 Å². The van der Waals surface area contributed by atoms with Crippen molar-refractivity contribution in [3.05, 3.63) is 73.9 Å². The molecule has 1 amide bonds. The van der Waals surface area contributed by atoms with Crippen molar-refractivity contribution < 1.29 is 4.79 Å². The van der Waals surface area contributed by atoms with Crippen molar-refractivity contribution in [3.8, 4) is 0 Å². The minimum Gasteiger partial charge on any atom is -0.322 e. The molecule has 0 bridgehead atoms. The summed E-state index contributed by atoms with van der Waals surface area (Å²) in [4.78, 5) is 26.9. The number of anilines is 1. The summed E-state index contributed by atoms with van der Waals surface area (Å²) in [6.45, 7) is 0. The van der Waals surface area contributed by atoms with Gasteiger partial charge in [0, 0.05) is 26.6 Å². The Morgan fingerprint density at radius 3 is 2.55 bits per heavy atom. The fraction of sp³-hybridized carbons (Fsp3) is 0. The molecule has 2 aromatic carbocycles. The average molecular weight is 378 g/mol. The Morgan fingerprint density at radius 2 is 1.82 bits per heavy atom. The van der Waals surface area contributed by atoms with E-state index in [9.17, 15) is 9.59 Å². The number of nitrogens with one attached hydrogen (secondary N) is 2. The Kier molecular flexibility index (Phi) is 4.00. The zero-order valence-electron chi connectivity index (χ0n) is 11.2. The van der Waals surface area contributed by atoms with Crippen molar-refractivity contribution in [1.82, 2.24) is 4.98 Å². The van der Waals surface area contributed by atoms with Gasteiger partial charge in [-0.3, -0.25) is 9.59 Å². The second-order valence-electron chi connectivity index (χ2n) is 4.70. The lowest BCUT2D eigenvalue weighted by molar-refractivity contribution is 0.102. The van der Waals surface area contributed by atoms with Crippen LogP contribution in [0.2, 0.25) is 5.02 Å². The van der Waals surface area contributed by atoms with E-state index in [0.717, 1.165) is 4.47 Å². The lowest BCUT2D eigenvalue weighted by atomic mass is 10.1. The van der Waals surface area contributed by atoms with Crippen LogP contribution in [0.5, 0.6) is 0 Å². The Bertz CT molecular complexity index is 920. The fourth-order valence-electron chi connectivity index (χ4n) is 2.15. The van der Waals surface area contributed by atoms with Gasteiger partial charge in [0.15, 0.2) is 0 Å². The Balaban J connectivity index is 2.03. The summed E-state index contributed by atoms with van der Waals surface area (Å²) >= 11 is 9.16. The van der Waals surface area contributed by atoms with E-state index in [0.29, 0.717) is 27.2 Å². The Labute approximate surface area is 139 Å². The van der Waals surface area contributed by atoms with E-state index in [1.54, 1.807) is 36.4 Å². The summed E-state index contributed by atoms with van der Waals surface area (Å²) in [5, 5.41) is 4.02. The number of carbonyl (C=O) groups is 1. The first kappa shape index (κ1) is 14.8. The minimum absolute atomic E-state index is 0.321. The molecular formula is C16H10BrClN2O2. The minimum atomic E-state index is -0.347. The lowest BCUT2D eigenvalue weighted by Crippen LogP contribution is -2.16. The van der Waals surface area contributed by atoms with E-state index in [1.165, 1.54) is 6.07 Å². The normalized spacial score (nSPS) is 10.6. The van der Waals surface area contributed by atoms with Crippen LogP contribution in [0.25, 0.3) is 10.9 Å². The van der Waals surface area contributed by atoms with E-state index in [2.05, 4.69) is 26.2 Å². The second kappa shape index (κ2) is 5.94. The maximum atomic E-state index is 12.4. The number of hydrogen-bond acceptors (Lipinski definition) is 2. The quantitative estimate of drug-likeness (QED) is 0.703. The van der Waals surface area contributed by atoms with Gasteiger partial charge < -0.3 is 10.3 Å². The molecule has 2 N–H and O–H groups in total. The maximum absolute atomic E-state index is 12.4.